The van der Waals surface area contributed by atoms with E-state index in [1.54, 1.807) is 30.3 Å². The Morgan fingerprint density at radius 1 is 0.762 bits per heavy atom. The van der Waals surface area contributed by atoms with Crippen molar-refractivity contribution in [1.82, 2.24) is 0 Å². The van der Waals surface area contributed by atoms with Crippen LogP contribution in [0.3, 0.4) is 0 Å². The molecule has 0 aliphatic carbocycles. The van der Waals surface area contributed by atoms with E-state index in [0.717, 1.165) is 18.2 Å². The van der Waals surface area contributed by atoms with E-state index in [1.165, 1.54) is 0 Å². The van der Waals surface area contributed by atoms with Crippen LogP contribution in [-0.4, -0.2) is 17.8 Å². The summed E-state index contributed by atoms with van der Waals surface area (Å²) in [4.78, 5) is 33.6. The highest BCUT2D eigenvalue weighted by atomic mass is 16.4. The Kier molecular flexibility index (Phi) is 3.99. The van der Waals surface area contributed by atoms with Crippen molar-refractivity contribution in [2.24, 2.45) is 0 Å². The first-order valence-electron chi connectivity index (χ1n) is 5.91. The van der Waals surface area contributed by atoms with E-state index in [9.17, 15) is 24.6 Å². The van der Waals surface area contributed by atoms with Gasteiger partial charge < -0.3 is 25.1 Å². The standard InChI is InChI=1S/C15H11NO5/c17-13(9-4-2-1-3-5-9)16-12-7-10(14(18)19)6-11(8-12)15(20)21/h1-8H,(H,16,17)(H,18,19)(H,20,21)/p-2. The second-order valence-electron chi connectivity index (χ2n) is 4.19. The Hall–Kier alpha value is -3.15. The van der Waals surface area contributed by atoms with Gasteiger partial charge in [-0.3, -0.25) is 4.79 Å². The Morgan fingerprint density at radius 3 is 1.76 bits per heavy atom. The molecule has 1 amide bonds. The highest BCUT2D eigenvalue weighted by Crippen LogP contribution is 2.16. The van der Waals surface area contributed by atoms with E-state index in [1.807, 2.05) is 0 Å². The maximum Gasteiger partial charge on any atom is 0.255 e. The largest absolute Gasteiger partial charge is 0.545 e. The number of carbonyl (C=O) groups is 3. The normalized spacial score (nSPS) is 9.90. The van der Waals surface area contributed by atoms with Crippen molar-refractivity contribution in [3.05, 3.63) is 65.2 Å². The zero-order chi connectivity index (χ0) is 15.4. The number of hydrogen-bond donors (Lipinski definition) is 1. The summed E-state index contributed by atoms with van der Waals surface area (Å²) in [5, 5.41) is 24.1. The SMILES string of the molecule is O=C([O-])c1cc(NC(=O)c2ccccc2)cc(C(=O)[O-])c1. The summed E-state index contributed by atoms with van der Waals surface area (Å²) in [5.74, 6) is -3.59. The van der Waals surface area contributed by atoms with Crippen molar-refractivity contribution in [2.45, 2.75) is 0 Å². The highest BCUT2D eigenvalue weighted by molar-refractivity contribution is 6.05. The van der Waals surface area contributed by atoms with Gasteiger partial charge in [-0.25, -0.2) is 0 Å². The Labute approximate surface area is 119 Å². The van der Waals surface area contributed by atoms with Crippen LogP contribution in [0.5, 0.6) is 0 Å². The second-order valence-corrected chi connectivity index (χ2v) is 4.19. The van der Waals surface area contributed by atoms with Crippen molar-refractivity contribution in [2.75, 3.05) is 5.32 Å². The third-order valence-electron chi connectivity index (χ3n) is 2.70. The maximum absolute atomic E-state index is 11.9. The summed E-state index contributed by atoms with van der Waals surface area (Å²) >= 11 is 0. The molecule has 0 heterocycles. The van der Waals surface area contributed by atoms with E-state index in [-0.39, 0.29) is 16.8 Å². The summed E-state index contributed by atoms with van der Waals surface area (Å²) in [7, 11) is 0. The molecule has 0 aromatic heterocycles. The number of rotatable bonds is 4. The number of anilines is 1. The van der Waals surface area contributed by atoms with E-state index in [4.69, 9.17) is 0 Å². The summed E-state index contributed by atoms with van der Waals surface area (Å²) < 4.78 is 0. The lowest BCUT2D eigenvalue weighted by Gasteiger charge is -2.12. The fourth-order valence-electron chi connectivity index (χ4n) is 1.73. The van der Waals surface area contributed by atoms with Gasteiger partial charge in [-0.1, -0.05) is 18.2 Å². The van der Waals surface area contributed by atoms with Crippen LogP contribution in [0, 0.1) is 0 Å². The van der Waals surface area contributed by atoms with E-state index < -0.39 is 17.8 Å². The lowest BCUT2D eigenvalue weighted by molar-refractivity contribution is -0.255. The summed E-state index contributed by atoms with van der Waals surface area (Å²) in [6.45, 7) is 0. The van der Waals surface area contributed by atoms with Crippen molar-refractivity contribution in [1.29, 1.82) is 0 Å². The molecule has 0 spiro atoms. The minimum atomic E-state index is -1.55. The van der Waals surface area contributed by atoms with Gasteiger partial charge >= 0.3 is 0 Å². The van der Waals surface area contributed by atoms with Crippen molar-refractivity contribution in [3.63, 3.8) is 0 Å². The second kappa shape index (κ2) is 5.87. The Bertz CT molecular complexity index is 677. The molecule has 0 bridgehead atoms. The molecule has 0 atom stereocenters. The van der Waals surface area contributed by atoms with Crippen molar-refractivity contribution < 1.29 is 24.6 Å². The first-order chi connectivity index (χ1) is 9.97. The Balaban J connectivity index is 2.33. The molecule has 0 aliphatic rings. The van der Waals surface area contributed by atoms with Crippen LogP contribution in [0.15, 0.2) is 48.5 Å². The molecule has 6 nitrogen and oxygen atoms in total. The first kappa shape index (κ1) is 14.3. The van der Waals surface area contributed by atoms with Crippen LogP contribution in [0.25, 0.3) is 0 Å². The molecule has 21 heavy (non-hydrogen) atoms. The predicted octanol–water partition coefficient (Wildman–Crippen LogP) is -0.334. The molecule has 2 rings (SSSR count). The van der Waals surface area contributed by atoms with Crippen LogP contribution >= 0.6 is 0 Å². The van der Waals surface area contributed by atoms with E-state index in [2.05, 4.69) is 5.32 Å². The predicted molar refractivity (Wildman–Crippen MR) is 69.5 cm³/mol. The quantitative estimate of drug-likeness (QED) is 0.826. The molecule has 0 fully saturated rings. The highest BCUT2D eigenvalue weighted by Gasteiger charge is 2.08. The molecular weight excluding hydrogens is 274 g/mol. The van der Waals surface area contributed by atoms with Crippen LogP contribution in [-0.2, 0) is 0 Å². The van der Waals surface area contributed by atoms with Gasteiger partial charge in [0.2, 0.25) is 0 Å². The lowest BCUT2D eigenvalue weighted by atomic mass is 10.1. The minimum absolute atomic E-state index is 0.0322. The Morgan fingerprint density at radius 2 is 1.29 bits per heavy atom. The topological polar surface area (TPSA) is 109 Å². The average molecular weight is 283 g/mol. The molecule has 0 saturated carbocycles. The van der Waals surface area contributed by atoms with Crippen LogP contribution in [0.1, 0.15) is 31.1 Å². The number of amides is 1. The number of carbonyl (C=O) groups excluding carboxylic acids is 3. The lowest BCUT2D eigenvalue weighted by Crippen LogP contribution is -2.26. The van der Waals surface area contributed by atoms with Gasteiger partial charge in [-0.2, -0.15) is 0 Å². The molecule has 0 aliphatic heterocycles. The summed E-state index contributed by atoms with van der Waals surface area (Å²) in [6, 6.07) is 11.3. The number of carboxylic acids is 2. The van der Waals surface area contributed by atoms with Crippen molar-refractivity contribution in [3.8, 4) is 0 Å². The van der Waals surface area contributed by atoms with Gasteiger partial charge in [0.25, 0.3) is 5.91 Å². The zero-order valence-corrected chi connectivity index (χ0v) is 10.7. The molecule has 106 valence electrons. The fourth-order valence-corrected chi connectivity index (χ4v) is 1.73. The average Bonchev–Trinajstić information content (AvgIpc) is 2.47. The smallest absolute Gasteiger partial charge is 0.255 e. The van der Waals surface area contributed by atoms with Gasteiger partial charge in [0.1, 0.15) is 0 Å². The molecular formula is C15H9NO5-2. The number of aromatic carboxylic acids is 2. The third kappa shape index (κ3) is 3.44. The van der Waals surface area contributed by atoms with Crippen LogP contribution in [0.4, 0.5) is 5.69 Å². The van der Waals surface area contributed by atoms with Gasteiger partial charge in [0, 0.05) is 11.3 Å². The van der Waals surface area contributed by atoms with Gasteiger partial charge in [-0.05, 0) is 41.5 Å². The fraction of sp³-hybridized carbons (Fsp3) is 0. The molecule has 0 saturated heterocycles. The summed E-state index contributed by atoms with van der Waals surface area (Å²) in [5.41, 5.74) is -0.337. The zero-order valence-electron chi connectivity index (χ0n) is 10.7. The first-order valence-corrected chi connectivity index (χ1v) is 5.91. The molecule has 0 unspecified atom stereocenters. The number of carboxylic acid groups (broad SMARTS) is 2. The molecule has 1 N–H and O–H groups in total. The minimum Gasteiger partial charge on any atom is -0.545 e. The van der Waals surface area contributed by atoms with Gasteiger partial charge in [0.05, 0.1) is 11.9 Å². The number of nitrogens with one attached hydrogen (secondary N) is 1. The monoisotopic (exact) mass is 283 g/mol. The molecule has 0 radical (unpaired) electrons. The molecule has 2 aromatic rings. The van der Waals surface area contributed by atoms with E-state index in [0.29, 0.717) is 5.56 Å². The molecule has 2 aromatic carbocycles. The third-order valence-corrected chi connectivity index (χ3v) is 2.70. The van der Waals surface area contributed by atoms with Crippen molar-refractivity contribution >= 4 is 23.5 Å². The number of benzene rings is 2. The van der Waals surface area contributed by atoms with Crippen LogP contribution < -0.4 is 15.5 Å². The van der Waals surface area contributed by atoms with E-state index >= 15 is 0 Å². The van der Waals surface area contributed by atoms with Gasteiger partial charge in [-0.15, -0.1) is 0 Å². The van der Waals surface area contributed by atoms with Crippen LogP contribution in [0.2, 0.25) is 0 Å². The molecule has 6 heteroatoms. The number of hydrogen-bond acceptors (Lipinski definition) is 5. The maximum atomic E-state index is 11.9. The summed E-state index contributed by atoms with van der Waals surface area (Å²) in [6.07, 6.45) is 0. The van der Waals surface area contributed by atoms with Gasteiger partial charge in [0.15, 0.2) is 0 Å².